The van der Waals surface area contributed by atoms with Crippen molar-refractivity contribution < 1.29 is 4.74 Å². The molecule has 0 aliphatic rings. The van der Waals surface area contributed by atoms with E-state index in [2.05, 4.69) is 108 Å². The minimum Gasteiger partial charge on any atom is -0.475 e. The van der Waals surface area contributed by atoms with Gasteiger partial charge in [-0.15, -0.1) is 0 Å². The second kappa shape index (κ2) is 8.32. The van der Waals surface area contributed by atoms with Crippen LogP contribution in [0.5, 0.6) is 5.75 Å². The summed E-state index contributed by atoms with van der Waals surface area (Å²) in [6.45, 7) is 4.46. The zero-order valence-corrected chi connectivity index (χ0v) is 16.5. The molecule has 1 heterocycles. The molecule has 0 aliphatic heterocycles. The number of para-hydroxylation sites is 1. The molecule has 3 aromatic carbocycles. The molecule has 0 N–H and O–H groups in total. The Hall–Kier alpha value is -3.04. The largest absolute Gasteiger partial charge is 0.475 e. The normalized spacial score (nSPS) is 11.2. The number of fused-ring (bicyclic) bond motifs is 1. The van der Waals surface area contributed by atoms with Crippen molar-refractivity contribution in [1.82, 2.24) is 9.47 Å². The standard InChI is InChI=1S/C25H26N2O/c1-3-26(2)19-28-25-22-16-10-11-17-23(22)27(18-20-12-6-4-7-13-20)24(25)21-14-8-5-9-15-21/h4-17H,3,18-19H2,1-2H3. The summed E-state index contributed by atoms with van der Waals surface area (Å²) < 4.78 is 8.76. The van der Waals surface area contributed by atoms with E-state index in [1.807, 2.05) is 0 Å². The van der Waals surface area contributed by atoms with Crippen molar-refractivity contribution in [3.8, 4) is 17.0 Å². The van der Waals surface area contributed by atoms with Gasteiger partial charge in [0.2, 0.25) is 0 Å². The molecule has 0 radical (unpaired) electrons. The molecule has 3 heteroatoms. The molecule has 0 saturated heterocycles. The molecule has 28 heavy (non-hydrogen) atoms. The molecular weight excluding hydrogens is 344 g/mol. The second-order valence-electron chi connectivity index (χ2n) is 7.08. The van der Waals surface area contributed by atoms with E-state index in [1.165, 1.54) is 16.6 Å². The fourth-order valence-corrected chi connectivity index (χ4v) is 3.50. The molecule has 0 fully saturated rings. The lowest BCUT2D eigenvalue weighted by Gasteiger charge is -2.17. The minimum atomic E-state index is 0.565. The van der Waals surface area contributed by atoms with Gasteiger partial charge in [0.15, 0.2) is 5.75 Å². The first-order valence-corrected chi connectivity index (χ1v) is 9.80. The first-order valence-electron chi connectivity index (χ1n) is 9.80. The third-order valence-corrected chi connectivity index (χ3v) is 5.12. The fraction of sp³-hybridized carbons (Fsp3) is 0.200. The van der Waals surface area contributed by atoms with Gasteiger partial charge in [-0.3, -0.25) is 4.90 Å². The maximum absolute atomic E-state index is 6.38. The highest BCUT2D eigenvalue weighted by molar-refractivity contribution is 5.95. The molecule has 4 rings (SSSR count). The van der Waals surface area contributed by atoms with Gasteiger partial charge in [0.05, 0.1) is 11.2 Å². The smallest absolute Gasteiger partial charge is 0.154 e. The van der Waals surface area contributed by atoms with Crippen LogP contribution in [0.3, 0.4) is 0 Å². The minimum absolute atomic E-state index is 0.565. The van der Waals surface area contributed by atoms with Crippen LogP contribution >= 0.6 is 0 Å². The van der Waals surface area contributed by atoms with Gasteiger partial charge in [-0.05, 0) is 31.3 Å². The zero-order chi connectivity index (χ0) is 19.3. The van der Waals surface area contributed by atoms with Gasteiger partial charge in [0, 0.05) is 17.5 Å². The molecular formula is C25H26N2O. The maximum atomic E-state index is 6.38. The topological polar surface area (TPSA) is 17.4 Å². The van der Waals surface area contributed by atoms with Crippen LogP contribution in [0.1, 0.15) is 12.5 Å². The number of rotatable bonds is 7. The summed E-state index contributed by atoms with van der Waals surface area (Å²) >= 11 is 0. The Balaban J connectivity index is 1.90. The van der Waals surface area contributed by atoms with E-state index in [9.17, 15) is 0 Å². The third kappa shape index (κ3) is 3.67. The lowest BCUT2D eigenvalue weighted by Crippen LogP contribution is -2.23. The Morgan fingerprint density at radius 3 is 2.18 bits per heavy atom. The van der Waals surface area contributed by atoms with Gasteiger partial charge >= 0.3 is 0 Å². The lowest BCUT2D eigenvalue weighted by molar-refractivity contribution is 0.161. The van der Waals surface area contributed by atoms with Gasteiger partial charge in [0.25, 0.3) is 0 Å². The molecule has 0 bridgehead atoms. The SMILES string of the molecule is CCN(C)COc1c(-c2ccccc2)n(Cc2ccccc2)c2ccccc12. The Morgan fingerprint density at radius 1 is 0.821 bits per heavy atom. The van der Waals surface area contributed by atoms with E-state index < -0.39 is 0 Å². The molecule has 0 aliphatic carbocycles. The first-order chi connectivity index (χ1) is 13.8. The molecule has 0 atom stereocenters. The van der Waals surface area contributed by atoms with E-state index >= 15 is 0 Å². The quantitative estimate of drug-likeness (QED) is 0.391. The monoisotopic (exact) mass is 370 g/mol. The van der Waals surface area contributed by atoms with Crippen molar-refractivity contribution in [2.45, 2.75) is 13.5 Å². The molecule has 0 amide bonds. The van der Waals surface area contributed by atoms with Crippen molar-refractivity contribution in [3.63, 3.8) is 0 Å². The number of hydrogen-bond donors (Lipinski definition) is 0. The Morgan fingerprint density at radius 2 is 1.46 bits per heavy atom. The van der Waals surface area contributed by atoms with E-state index in [0.717, 1.165) is 29.9 Å². The summed E-state index contributed by atoms with van der Waals surface area (Å²) in [5.74, 6) is 0.957. The van der Waals surface area contributed by atoms with Crippen LogP contribution in [-0.2, 0) is 6.54 Å². The van der Waals surface area contributed by atoms with Gasteiger partial charge in [0.1, 0.15) is 6.73 Å². The highest BCUT2D eigenvalue weighted by atomic mass is 16.5. The molecule has 3 nitrogen and oxygen atoms in total. The van der Waals surface area contributed by atoms with Crippen LogP contribution < -0.4 is 4.74 Å². The summed E-state index contributed by atoms with van der Waals surface area (Å²) in [4.78, 5) is 2.16. The number of aromatic nitrogens is 1. The number of benzene rings is 3. The van der Waals surface area contributed by atoms with E-state index in [4.69, 9.17) is 4.74 Å². The summed E-state index contributed by atoms with van der Waals surface area (Å²) in [6.07, 6.45) is 0. The predicted molar refractivity (Wildman–Crippen MR) is 117 cm³/mol. The Labute approximate surface area is 166 Å². The van der Waals surface area contributed by atoms with Crippen LogP contribution in [0.2, 0.25) is 0 Å². The summed E-state index contributed by atoms with van der Waals surface area (Å²) in [6, 6.07) is 29.7. The number of hydrogen-bond acceptors (Lipinski definition) is 2. The molecule has 0 unspecified atom stereocenters. The summed E-state index contributed by atoms with van der Waals surface area (Å²) in [5, 5.41) is 1.15. The maximum Gasteiger partial charge on any atom is 0.154 e. The van der Waals surface area contributed by atoms with Crippen molar-refractivity contribution in [2.75, 3.05) is 20.3 Å². The molecule has 0 spiro atoms. The van der Waals surface area contributed by atoms with Gasteiger partial charge < -0.3 is 9.30 Å². The molecule has 142 valence electrons. The van der Waals surface area contributed by atoms with Crippen LogP contribution in [0.25, 0.3) is 22.2 Å². The van der Waals surface area contributed by atoms with Crippen LogP contribution in [0.4, 0.5) is 0 Å². The highest BCUT2D eigenvalue weighted by Crippen LogP contribution is 2.40. The molecule has 4 aromatic rings. The average molecular weight is 370 g/mol. The lowest BCUT2D eigenvalue weighted by atomic mass is 10.1. The van der Waals surface area contributed by atoms with Crippen molar-refractivity contribution in [3.05, 3.63) is 90.5 Å². The van der Waals surface area contributed by atoms with Gasteiger partial charge in [-0.2, -0.15) is 0 Å². The van der Waals surface area contributed by atoms with E-state index in [-0.39, 0.29) is 0 Å². The fourth-order valence-electron chi connectivity index (χ4n) is 3.50. The molecule has 0 saturated carbocycles. The van der Waals surface area contributed by atoms with Crippen molar-refractivity contribution >= 4 is 10.9 Å². The van der Waals surface area contributed by atoms with Crippen LogP contribution in [-0.4, -0.2) is 29.8 Å². The van der Waals surface area contributed by atoms with Crippen molar-refractivity contribution in [2.24, 2.45) is 0 Å². The third-order valence-electron chi connectivity index (χ3n) is 5.12. The van der Waals surface area contributed by atoms with Gasteiger partial charge in [-0.1, -0.05) is 79.7 Å². The van der Waals surface area contributed by atoms with Crippen molar-refractivity contribution in [1.29, 1.82) is 0 Å². The van der Waals surface area contributed by atoms with E-state index in [0.29, 0.717) is 6.73 Å². The second-order valence-corrected chi connectivity index (χ2v) is 7.08. The summed E-state index contributed by atoms with van der Waals surface area (Å²) in [5.41, 5.74) is 4.77. The molecule has 1 aromatic heterocycles. The average Bonchev–Trinajstić information content (AvgIpc) is 3.06. The highest BCUT2D eigenvalue weighted by Gasteiger charge is 2.20. The van der Waals surface area contributed by atoms with Gasteiger partial charge in [-0.25, -0.2) is 0 Å². The first kappa shape index (κ1) is 18.3. The number of ether oxygens (including phenoxy) is 1. The van der Waals surface area contributed by atoms with E-state index in [1.54, 1.807) is 0 Å². The Kier molecular flexibility index (Phi) is 5.45. The zero-order valence-electron chi connectivity index (χ0n) is 16.5. The predicted octanol–water partition coefficient (Wildman–Crippen LogP) is 5.64. The Bertz CT molecular complexity index is 1040. The van der Waals surface area contributed by atoms with Crippen LogP contribution in [0.15, 0.2) is 84.9 Å². The van der Waals surface area contributed by atoms with Crippen LogP contribution in [0, 0.1) is 0 Å². The number of nitrogens with zero attached hydrogens (tertiary/aromatic N) is 2. The summed E-state index contributed by atoms with van der Waals surface area (Å²) in [7, 11) is 2.07.